The van der Waals surface area contributed by atoms with Crippen molar-refractivity contribution in [3.8, 4) is 0 Å². The number of alkyl halides is 3. The average molecular weight is 563 g/mol. The van der Waals surface area contributed by atoms with Gasteiger partial charge in [0.15, 0.2) is 18.3 Å². The SMILES string of the molecule is COC(=O)C1OC(OC(=N)C(Cl)(Cl)Cl)C(OC(=O)C(C)C)C(OC(=O)C(C)C)C1OC(=O)C(C)C. The highest BCUT2D eigenvalue weighted by molar-refractivity contribution is 6.76. The predicted octanol–water partition coefficient (Wildman–Crippen LogP) is 2.95. The summed E-state index contributed by atoms with van der Waals surface area (Å²) in [6, 6.07) is 0. The zero-order valence-corrected chi connectivity index (χ0v) is 22.6. The summed E-state index contributed by atoms with van der Waals surface area (Å²) in [4.78, 5) is 50.1. The molecule has 1 saturated heterocycles. The standard InChI is InChI=1S/C21H30Cl3NO10/c1-8(2)15(26)31-11-12(32-16(27)9(3)4)14(33-17(28)10(5)6)19(34-13(11)18(29)30-7)35-20(25)21(22,23)24/h8-14,19,25H,1-7H3. The molecule has 0 spiro atoms. The fourth-order valence-electron chi connectivity index (χ4n) is 2.59. The van der Waals surface area contributed by atoms with Gasteiger partial charge in [0.25, 0.3) is 3.79 Å². The number of carbonyl (C=O) groups is 4. The summed E-state index contributed by atoms with van der Waals surface area (Å²) in [6.07, 6.45) is -8.35. The van der Waals surface area contributed by atoms with Crippen molar-refractivity contribution in [3.05, 3.63) is 0 Å². The van der Waals surface area contributed by atoms with Gasteiger partial charge in [-0.3, -0.25) is 19.8 Å². The van der Waals surface area contributed by atoms with Gasteiger partial charge in [0.2, 0.25) is 18.3 Å². The molecule has 1 N–H and O–H groups in total. The molecular weight excluding hydrogens is 533 g/mol. The number of methoxy groups -OCH3 is 1. The zero-order chi connectivity index (χ0) is 27.2. The Morgan fingerprint density at radius 2 is 1.14 bits per heavy atom. The number of hydrogen-bond donors (Lipinski definition) is 1. The lowest BCUT2D eigenvalue weighted by Gasteiger charge is -2.44. The Balaban J connectivity index is 3.65. The molecule has 0 bridgehead atoms. The van der Waals surface area contributed by atoms with Crippen molar-refractivity contribution in [2.75, 3.05) is 7.11 Å². The topological polar surface area (TPSA) is 148 Å². The first kappa shape index (κ1) is 31.2. The Labute approximate surface area is 218 Å². The van der Waals surface area contributed by atoms with E-state index in [4.69, 9.17) is 68.6 Å². The summed E-state index contributed by atoms with van der Waals surface area (Å²) in [5, 5.41) is 7.90. The highest BCUT2D eigenvalue weighted by atomic mass is 35.6. The second kappa shape index (κ2) is 12.9. The number of carbonyl (C=O) groups excluding carboxylic acids is 4. The van der Waals surface area contributed by atoms with Crippen LogP contribution in [0.15, 0.2) is 0 Å². The van der Waals surface area contributed by atoms with E-state index >= 15 is 0 Å². The van der Waals surface area contributed by atoms with Gasteiger partial charge < -0.3 is 28.4 Å². The number of halogens is 3. The maximum Gasteiger partial charge on any atom is 0.339 e. The van der Waals surface area contributed by atoms with Crippen LogP contribution < -0.4 is 0 Å². The van der Waals surface area contributed by atoms with E-state index < -0.39 is 82.0 Å². The van der Waals surface area contributed by atoms with E-state index in [-0.39, 0.29) is 0 Å². The van der Waals surface area contributed by atoms with Crippen LogP contribution in [-0.2, 0) is 47.6 Å². The molecule has 1 fully saturated rings. The third kappa shape index (κ3) is 8.66. The lowest BCUT2D eigenvalue weighted by atomic mass is 9.97. The van der Waals surface area contributed by atoms with Gasteiger partial charge in [-0.25, -0.2) is 4.79 Å². The van der Waals surface area contributed by atoms with Gasteiger partial charge in [0.05, 0.1) is 24.9 Å². The van der Waals surface area contributed by atoms with Crippen molar-refractivity contribution in [1.82, 2.24) is 0 Å². The number of ether oxygens (including phenoxy) is 6. The van der Waals surface area contributed by atoms with E-state index in [1.165, 1.54) is 27.7 Å². The highest BCUT2D eigenvalue weighted by Gasteiger charge is 2.57. The largest absolute Gasteiger partial charge is 0.467 e. The van der Waals surface area contributed by atoms with Crippen molar-refractivity contribution in [1.29, 1.82) is 5.41 Å². The molecule has 0 aliphatic carbocycles. The number of esters is 4. The Morgan fingerprint density at radius 1 is 0.743 bits per heavy atom. The normalized spacial score (nSPS) is 24.7. The van der Waals surface area contributed by atoms with Crippen LogP contribution in [0.3, 0.4) is 0 Å². The molecule has 1 rings (SSSR count). The summed E-state index contributed by atoms with van der Waals surface area (Å²) in [6.45, 7) is 9.23. The molecule has 1 aliphatic rings. The Morgan fingerprint density at radius 3 is 1.51 bits per heavy atom. The van der Waals surface area contributed by atoms with E-state index in [1.807, 2.05) is 0 Å². The molecule has 1 aliphatic heterocycles. The molecule has 0 amide bonds. The number of nitrogens with one attached hydrogen (secondary N) is 1. The van der Waals surface area contributed by atoms with E-state index in [9.17, 15) is 19.2 Å². The first-order valence-corrected chi connectivity index (χ1v) is 11.8. The van der Waals surface area contributed by atoms with Crippen molar-refractivity contribution in [2.24, 2.45) is 17.8 Å². The molecule has 0 saturated carbocycles. The van der Waals surface area contributed by atoms with Gasteiger partial charge in [0, 0.05) is 0 Å². The third-order valence-corrected chi connectivity index (χ3v) is 5.11. The smallest absolute Gasteiger partial charge is 0.339 e. The van der Waals surface area contributed by atoms with Crippen LogP contribution in [0, 0.1) is 23.2 Å². The molecule has 5 unspecified atom stereocenters. The van der Waals surface area contributed by atoms with Gasteiger partial charge in [0.1, 0.15) is 0 Å². The summed E-state index contributed by atoms with van der Waals surface area (Å²) < 4.78 is 29.8. The van der Waals surface area contributed by atoms with Crippen LogP contribution in [0.5, 0.6) is 0 Å². The van der Waals surface area contributed by atoms with Crippen molar-refractivity contribution in [2.45, 2.75) is 76.0 Å². The third-order valence-electron chi connectivity index (χ3n) is 4.59. The second-order valence-electron chi connectivity index (χ2n) is 8.56. The van der Waals surface area contributed by atoms with Gasteiger partial charge in [-0.2, -0.15) is 0 Å². The van der Waals surface area contributed by atoms with Gasteiger partial charge in [-0.15, -0.1) is 0 Å². The van der Waals surface area contributed by atoms with Crippen LogP contribution in [-0.4, -0.2) is 71.4 Å². The maximum absolute atomic E-state index is 12.6. The monoisotopic (exact) mass is 561 g/mol. The molecular formula is C21H30Cl3NO10. The summed E-state index contributed by atoms with van der Waals surface area (Å²) in [7, 11) is 1.05. The van der Waals surface area contributed by atoms with Crippen LogP contribution in [0.2, 0.25) is 0 Å². The lowest BCUT2D eigenvalue weighted by Crippen LogP contribution is -2.64. The fourth-order valence-corrected chi connectivity index (χ4v) is 2.73. The lowest BCUT2D eigenvalue weighted by molar-refractivity contribution is -0.288. The molecule has 1 heterocycles. The predicted molar refractivity (Wildman–Crippen MR) is 124 cm³/mol. The van der Waals surface area contributed by atoms with Crippen molar-refractivity contribution in [3.63, 3.8) is 0 Å². The molecule has 200 valence electrons. The molecule has 14 heteroatoms. The number of hydrogen-bond acceptors (Lipinski definition) is 11. The minimum atomic E-state index is -2.35. The first-order chi connectivity index (χ1) is 16.0. The van der Waals surface area contributed by atoms with Crippen molar-refractivity contribution < 1.29 is 47.6 Å². The van der Waals surface area contributed by atoms with Crippen LogP contribution >= 0.6 is 34.8 Å². The fraction of sp³-hybridized carbons (Fsp3) is 0.762. The minimum Gasteiger partial charge on any atom is -0.467 e. The molecule has 0 aromatic rings. The second-order valence-corrected chi connectivity index (χ2v) is 10.8. The first-order valence-electron chi connectivity index (χ1n) is 10.7. The van der Waals surface area contributed by atoms with Gasteiger partial charge >= 0.3 is 23.9 Å². The maximum atomic E-state index is 12.6. The highest BCUT2D eigenvalue weighted by Crippen LogP contribution is 2.34. The van der Waals surface area contributed by atoms with E-state index in [1.54, 1.807) is 13.8 Å². The molecule has 0 aromatic carbocycles. The van der Waals surface area contributed by atoms with Crippen LogP contribution in [0.4, 0.5) is 0 Å². The molecule has 11 nitrogen and oxygen atoms in total. The van der Waals surface area contributed by atoms with Crippen LogP contribution in [0.25, 0.3) is 0 Å². The van der Waals surface area contributed by atoms with Crippen LogP contribution in [0.1, 0.15) is 41.5 Å². The summed E-state index contributed by atoms with van der Waals surface area (Å²) >= 11 is 17.1. The quantitative estimate of drug-likeness (QED) is 0.154. The molecule has 0 radical (unpaired) electrons. The van der Waals surface area contributed by atoms with Crippen molar-refractivity contribution >= 4 is 64.6 Å². The molecule has 0 aromatic heterocycles. The number of rotatable bonds is 8. The van der Waals surface area contributed by atoms with E-state index in [0.29, 0.717) is 0 Å². The Kier molecular flexibility index (Phi) is 11.5. The average Bonchev–Trinajstić information content (AvgIpc) is 2.75. The van der Waals surface area contributed by atoms with Gasteiger partial charge in [-0.05, 0) is 0 Å². The van der Waals surface area contributed by atoms with E-state index in [2.05, 4.69) is 0 Å². The Bertz CT molecular complexity index is 812. The Hall–Kier alpha value is -1.82. The summed E-state index contributed by atoms with van der Waals surface area (Å²) in [5.41, 5.74) is 0. The zero-order valence-electron chi connectivity index (χ0n) is 20.3. The molecule has 5 atom stereocenters. The summed E-state index contributed by atoms with van der Waals surface area (Å²) in [5.74, 6) is -6.22. The van der Waals surface area contributed by atoms with Gasteiger partial charge in [-0.1, -0.05) is 76.3 Å². The van der Waals surface area contributed by atoms with E-state index in [0.717, 1.165) is 7.11 Å². The molecule has 35 heavy (non-hydrogen) atoms. The minimum absolute atomic E-state index is 0.641.